The van der Waals surface area contributed by atoms with Crippen LogP contribution in [0.25, 0.3) is 104 Å². The Morgan fingerprint density at radius 2 is 0.519 bits per heavy atom. The van der Waals surface area contributed by atoms with E-state index in [1.807, 2.05) is 0 Å². The van der Waals surface area contributed by atoms with Crippen LogP contribution < -0.4 is 0 Å². The van der Waals surface area contributed by atoms with Crippen molar-refractivity contribution >= 4 is 104 Å². The molecule has 0 saturated carbocycles. The molecule has 0 aromatic heterocycles. The van der Waals surface area contributed by atoms with Crippen molar-refractivity contribution < 1.29 is 0 Å². The predicted molar refractivity (Wildman–Crippen MR) is 489 cm³/mol. The summed E-state index contributed by atoms with van der Waals surface area (Å²) in [5, 5.41) is 16.1. The summed E-state index contributed by atoms with van der Waals surface area (Å²) in [6.07, 6.45) is 26.3. The number of rotatable bonds is 19. The lowest BCUT2D eigenvalue weighted by molar-refractivity contribution is 0.666. The zero-order valence-corrected chi connectivity index (χ0v) is 69.0. The quantitative estimate of drug-likeness (QED) is 0.0559. The highest BCUT2D eigenvalue weighted by Crippen LogP contribution is 2.35. The van der Waals surface area contributed by atoms with Gasteiger partial charge in [0.2, 0.25) is 0 Å². The van der Waals surface area contributed by atoms with Crippen LogP contribution in [0.4, 0.5) is 0 Å². The summed E-state index contributed by atoms with van der Waals surface area (Å²) in [6.45, 7) is 39.3. The van der Waals surface area contributed by atoms with E-state index >= 15 is 0 Å². The number of benzene rings is 13. The Balaban J connectivity index is 0.000000165. The second kappa shape index (κ2) is 43.0. The summed E-state index contributed by atoms with van der Waals surface area (Å²) in [6, 6.07) is 89.9. The molecule has 0 aliphatic heterocycles. The molecule has 0 heteroatoms. The van der Waals surface area contributed by atoms with Gasteiger partial charge in [-0.2, -0.15) is 0 Å². The fraction of sp³-hybridized carbons (Fsp3) is 0.278. The van der Waals surface area contributed by atoms with Crippen molar-refractivity contribution in [1.29, 1.82) is 0 Å². The van der Waals surface area contributed by atoms with Crippen molar-refractivity contribution in [1.82, 2.24) is 0 Å². The maximum atomic E-state index is 2.33. The minimum absolute atomic E-state index is 1.18. The van der Waals surface area contributed by atoms with Crippen LogP contribution in [0.15, 0.2) is 279 Å². The monoisotopic (exact) mass is 1420 g/mol. The smallest absolute Gasteiger partial charge is 0.0106 e. The highest BCUT2D eigenvalue weighted by atomic mass is 14.2. The van der Waals surface area contributed by atoms with Gasteiger partial charge in [-0.3, -0.25) is 0 Å². The summed E-state index contributed by atoms with van der Waals surface area (Å²) < 4.78 is 0. The summed E-state index contributed by atoms with van der Waals surface area (Å²) >= 11 is 0. The standard InChI is InChI=1S/C25H28.C20H26.C18H22.3C15H16/c1-4-5-6-9-21-12-14-22(15-13-21)19(2)20(3)24-17-16-23-10-7-8-11-25(23)18-24;1-4-6-7-8-12-18-15-14-17-11-9-10-13-19(17)20(18)16(3)5-2;1-4-6-9-16-13-12-15-10-7-8-11-17(15)18(16)14(3)5-2;3*1-4-11(2)15-12(3)9-10-13-7-5-6-8-14(13)15/h7-8,10-18H,4-6,9H2,1-3H3;5,9-11,13-15H,4,6-8,12H2,1-3H3;5,7-8,10-13H,4,6,9H2,1-3H3;3*4-10H,1-3H3/b20-19-;;;;;. The highest BCUT2D eigenvalue weighted by molar-refractivity contribution is 5.99. The summed E-state index contributed by atoms with van der Waals surface area (Å²) in [5.74, 6) is 0. The Labute approximate surface area is 652 Å². The van der Waals surface area contributed by atoms with Gasteiger partial charge < -0.3 is 0 Å². The zero-order chi connectivity index (χ0) is 77.5. The second-order valence-electron chi connectivity index (χ2n) is 29.3. The number of aryl methyl sites for hydroxylation is 6. The minimum Gasteiger partial charge on any atom is -0.0841 e. The molecule has 13 aromatic carbocycles. The van der Waals surface area contributed by atoms with E-state index in [2.05, 4.69) is 404 Å². The van der Waals surface area contributed by atoms with E-state index in [0.29, 0.717) is 0 Å². The summed E-state index contributed by atoms with van der Waals surface area (Å²) in [7, 11) is 0. The lowest BCUT2D eigenvalue weighted by Gasteiger charge is -2.14. The lowest BCUT2D eigenvalue weighted by atomic mass is 9.91. The van der Waals surface area contributed by atoms with Crippen molar-refractivity contribution in [2.24, 2.45) is 0 Å². The Bertz CT molecular complexity index is 5040. The molecule has 0 amide bonds. The molecular formula is C108H124. The van der Waals surface area contributed by atoms with Gasteiger partial charge in [0.05, 0.1) is 0 Å². The molecule has 0 N–H and O–H groups in total. The predicted octanol–water partition coefficient (Wildman–Crippen LogP) is 33.2. The zero-order valence-electron chi connectivity index (χ0n) is 69.0. The van der Waals surface area contributed by atoms with E-state index in [-0.39, 0.29) is 0 Å². The van der Waals surface area contributed by atoms with Crippen LogP contribution in [0.5, 0.6) is 0 Å². The third-order valence-electron chi connectivity index (χ3n) is 21.9. The van der Waals surface area contributed by atoms with E-state index in [9.17, 15) is 0 Å². The largest absolute Gasteiger partial charge is 0.0841 e. The molecule has 0 bridgehead atoms. The van der Waals surface area contributed by atoms with Gasteiger partial charge in [-0.25, -0.2) is 0 Å². The molecule has 0 aliphatic carbocycles. The first-order valence-electron chi connectivity index (χ1n) is 40.3. The first-order chi connectivity index (χ1) is 52.4. The molecule has 13 rings (SSSR count). The minimum atomic E-state index is 1.18. The molecule has 0 fully saturated rings. The first-order valence-corrected chi connectivity index (χ1v) is 40.3. The number of allylic oxidation sites excluding steroid dienone is 12. The van der Waals surface area contributed by atoms with Crippen LogP contribution in [0.3, 0.4) is 0 Å². The fourth-order valence-electron chi connectivity index (χ4n) is 14.9. The highest BCUT2D eigenvalue weighted by Gasteiger charge is 2.13. The van der Waals surface area contributed by atoms with Crippen molar-refractivity contribution in [3.8, 4) is 0 Å². The molecule has 0 heterocycles. The third-order valence-corrected chi connectivity index (χ3v) is 21.9. The Morgan fingerprint density at radius 1 is 0.241 bits per heavy atom. The summed E-state index contributed by atoms with van der Waals surface area (Å²) in [5.41, 5.74) is 27.7. The van der Waals surface area contributed by atoms with E-state index in [4.69, 9.17) is 0 Å². The molecule has 0 aliphatic rings. The van der Waals surface area contributed by atoms with Gasteiger partial charge in [0.25, 0.3) is 0 Å². The normalized spacial score (nSPS) is 12.1. The van der Waals surface area contributed by atoms with Crippen molar-refractivity contribution in [3.63, 3.8) is 0 Å². The number of unbranched alkanes of at least 4 members (excludes halogenated alkanes) is 6. The van der Waals surface area contributed by atoms with Gasteiger partial charge in [0.15, 0.2) is 0 Å². The molecule has 0 saturated heterocycles. The number of hydrogen-bond acceptors (Lipinski definition) is 0. The third kappa shape index (κ3) is 22.3. The first kappa shape index (κ1) is 83.5. The van der Waals surface area contributed by atoms with Gasteiger partial charge in [0, 0.05) is 0 Å². The van der Waals surface area contributed by atoms with Crippen LogP contribution in [0, 0.1) is 20.8 Å². The number of fused-ring (bicyclic) bond motifs is 6. The van der Waals surface area contributed by atoms with E-state index in [1.54, 1.807) is 0 Å². The molecule has 0 nitrogen and oxygen atoms in total. The Hall–Kier alpha value is -10.1. The van der Waals surface area contributed by atoms with Crippen LogP contribution in [0.2, 0.25) is 0 Å². The number of hydrogen-bond donors (Lipinski definition) is 0. The van der Waals surface area contributed by atoms with Crippen molar-refractivity contribution in [2.75, 3.05) is 0 Å². The lowest BCUT2D eigenvalue weighted by Crippen LogP contribution is -1.95. The molecular weight excluding hydrogens is 1300 g/mol. The maximum Gasteiger partial charge on any atom is -0.0106 e. The average molecular weight is 1420 g/mol. The Morgan fingerprint density at radius 3 is 0.889 bits per heavy atom. The van der Waals surface area contributed by atoms with Gasteiger partial charge in [-0.1, -0.05) is 332 Å². The fourth-order valence-corrected chi connectivity index (χ4v) is 14.9. The van der Waals surface area contributed by atoms with Crippen LogP contribution in [-0.2, 0) is 19.3 Å². The van der Waals surface area contributed by atoms with E-state index in [1.165, 1.54) is 253 Å². The van der Waals surface area contributed by atoms with Gasteiger partial charge in [-0.15, -0.1) is 0 Å². The van der Waals surface area contributed by atoms with Crippen molar-refractivity contribution in [3.05, 3.63) is 351 Å². The summed E-state index contributed by atoms with van der Waals surface area (Å²) in [4.78, 5) is 0. The van der Waals surface area contributed by atoms with Gasteiger partial charge in [0.1, 0.15) is 0 Å². The van der Waals surface area contributed by atoms with Crippen LogP contribution >= 0.6 is 0 Å². The van der Waals surface area contributed by atoms with Crippen LogP contribution in [0.1, 0.15) is 234 Å². The van der Waals surface area contributed by atoms with E-state index < -0.39 is 0 Å². The maximum absolute atomic E-state index is 2.33. The molecule has 0 atom stereocenters. The molecule has 13 aromatic rings. The van der Waals surface area contributed by atoms with Crippen molar-refractivity contribution in [2.45, 2.75) is 202 Å². The average Bonchev–Trinajstić information content (AvgIpc) is 0.823. The van der Waals surface area contributed by atoms with Gasteiger partial charge in [-0.05, 0) is 324 Å². The Kier molecular flexibility index (Phi) is 33.2. The molecule has 0 unspecified atom stereocenters. The topological polar surface area (TPSA) is 0 Å². The van der Waals surface area contributed by atoms with E-state index in [0.717, 1.165) is 0 Å². The van der Waals surface area contributed by atoms with Crippen LogP contribution in [-0.4, -0.2) is 0 Å². The molecule has 0 radical (unpaired) electrons. The molecule has 108 heavy (non-hydrogen) atoms. The SMILES string of the molecule is CC=C(C)c1c(C)ccc2ccccc12.CC=C(C)c1c(C)ccc2ccccc12.CC=C(C)c1c(C)ccc2ccccc12.CC=C(C)c1c(CCCC)ccc2ccccc12.CC=C(C)c1c(CCCCCC)ccc2ccccc12.CCCCCc1ccc(/C(C)=C(/C)c2ccc3ccccc3c2)cc1. The second-order valence-corrected chi connectivity index (χ2v) is 29.3. The van der Waals surface area contributed by atoms with Gasteiger partial charge >= 0.3 is 0 Å². The molecule has 0 spiro atoms. The molecule has 556 valence electrons.